The molecule has 3 heterocycles. The van der Waals surface area contributed by atoms with Crippen molar-refractivity contribution in [3.05, 3.63) is 58.4 Å². The SMILES string of the molecule is COc1ccccc1-c1cc(C)ncc1C(=O)Nc1nc2c(s1)CN(S(=O)(=O)NCC(C)C)C2. The second-order valence-corrected chi connectivity index (χ2v) is 11.3. The first-order chi connectivity index (χ1) is 16.2. The number of hydrogen-bond donors (Lipinski definition) is 2. The Morgan fingerprint density at radius 3 is 2.71 bits per heavy atom. The molecule has 0 aliphatic carbocycles. The van der Waals surface area contributed by atoms with Crippen molar-refractivity contribution >= 4 is 32.6 Å². The Bertz CT molecular complexity index is 1300. The molecule has 0 fully saturated rings. The molecule has 4 rings (SSSR count). The normalized spacial score (nSPS) is 13.8. The standard InChI is InChI=1S/C23H27N5O4S2/c1-14(2)10-25-34(30,31)28-12-19-21(13-28)33-23(26-19)27-22(29)18-11-24-15(3)9-17(18)16-7-5-6-8-20(16)32-4/h5-9,11,14,25H,10,12-13H2,1-4H3,(H,26,27,29). The van der Waals surface area contributed by atoms with E-state index in [4.69, 9.17) is 4.74 Å². The topological polar surface area (TPSA) is 114 Å². The molecule has 0 saturated heterocycles. The molecule has 34 heavy (non-hydrogen) atoms. The molecular weight excluding hydrogens is 474 g/mol. The summed E-state index contributed by atoms with van der Waals surface area (Å²) in [6.45, 7) is 6.54. The Morgan fingerprint density at radius 1 is 1.24 bits per heavy atom. The average molecular weight is 502 g/mol. The average Bonchev–Trinajstić information content (AvgIpc) is 3.37. The highest BCUT2D eigenvalue weighted by atomic mass is 32.2. The van der Waals surface area contributed by atoms with Crippen molar-refractivity contribution in [1.29, 1.82) is 0 Å². The summed E-state index contributed by atoms with van der Waals surface area (Å²) in [5.74, 6) is 0.523. The third-order valence-electron chi connectivity index (χ3n) is 5.34. The van der Waals surface area contributed by atoms with Crippen LogP contribution >= 0.6 is 11.3 Å². The van der Waals surface area contributed by atoms with Gasteiger partial charge in [0.25, 0.3) is 16.1 Å². The number of methoxy groups -OCH3 is 1. The van der Waals surface area contributed by atoms with Crippen molar-refractivity contribution in [3.63, 3.8) is 0 Å². The third-order valence-corrected chi connectivity index (χ3v) is 7.81. The zero-order valence-corrected chi connectivity index (χ0v) is 21.1. The Balaban J connectivity index is 1.52. The first kappa shape index (κ1) is 24.3. The van der Waals surface area contributed by atoms with E-state index in [9.17, 15) is 13.2 Å². The van der Waals surface area contributed by atoms with Crippen LogP contribution in [0.4, 0.5) is 5.13 Å². The summed E-state index contributed by atoms with van der Waals surface area (Å²) in [5.41, 5.74) is 3.32. The summed E-state index contributed by atoms with van der Waals surface area (Å²) in [6, 6.07) is 9.34. The number of carbonyl (C=O) groups excluding carboxylic acids is 1. The van der Waals surface area contributed by atoms with Crippen LogP contribution in [-0.2, 0) is 23.3 Å². The van der Waals surface area contributed by atoms with E-state index in [1.807, 2.05) is 51.1 Å². The lowest BCUT2D eigenvalue weighted by molar-refractivity contribution is 0.102. The highest BCUT2D eigenvalue weighted by Crippen LogP contribution is 2.35. The van der Waals surface area contributed by atoms with E-state index < -0.39 is 10.2 Å². The molecule has 1 aliphatic rings. The number of fused-ring (bicyclic) bond motifs is 1. The van der Waals surface area contributed by atoms with Gasteiger partial charge >= 0.3 is 0 Å². The zero-order valence-electron chi connectivity index (χ0n) is 19.5. The van der Waals surface area contributed by atoms with Gasteiger partial charge in [0.15, 0.2) is 5.13 Å². The molecule has 11 heteroatoms. The van der Waals surface area contributed by atoms with E-state index >= 15 is 0 Å². The zero-order chi connectivity index (χ0) is 24.5. The lowest BCUT2D eigenvalue weighted by Crippen LogP contribution is -2.39. The number of aryl methyl sites for hydroxylation is 1. The summed E-state index contributed by atoms with van der Waals surface area (Å²) in [7, 11) is -1.99. The first-order valence-electron chi connectivity index (χ1n) is 10.8. The fraction of sp³-hybridized carbons (Fsp3) is 0.348. The fourth-order valence-electron chi connectivity index (χ4n) is 3.60. The molecule has 1 aromatic carbocycles. The minimum absolute atomic E-state index is 0.174. The molecule has 9 nitrogen and oxygen atoms in total. The molecular formula is C23H27N5O4S2. The second-order valence-electron chi connectivity index (χ2n) is 8.43. The molecule has 0 saturated carbocycles. The highest BCUT2D eigenvalue weighted by Gasteiger charge is 2.32. The number of para-hydroxylation sites is 1. The van der Waals surface area contributed by atoms with Crippen LogP contribution in [0.2, 0.25) is 0 Å². The maximum absolute atomic E-state index is 13.2. The lowest BCUT2D eigenvalue weighted by Gasteiger charge is -2.17. The molecule has 3 aromatic rings. The Hall–Kier alpha value is -2.86. The van der Waals surface area contributed by atoms with Crippen LogP contribution in [0.5, 0.6) is 5.75 Å². The van der Waals surface area contributed by atoms with Crippen molar-refractivity contribution in [2.45, 2.75) is 33.9 Å². The predicted octanol–water partition coefficient (Wildman–Crippen LogP) is 3.58. The maximum atomic E-state index is 13.2. The summed E-state index contributed by atoms with van der Waals surface area (Å²) in [6.07, 6.45) is 1.54. The van der Waals surface area contributed by atoms with Gasteiger partial charge in [-0.2, -0.15) is 12.7 Å². The number of nitrogens with zero attached hydrogens (tertiary/aromatic N) is 3. The van der Waals surface area contributed by atoms with Gasteiger partial charge in [-0.05, 0) is 25.0 Å². The number of amides is 1. The van der Waals surface area contributed by atoms with Crippen LogP contribution in [-0.4, -0.2) is 42.3 Å². The molecule has 0 unspecified atom stereocenters. The number of aromatic nitrogens is 2. The number of carbonyl (C=O) groups is 1. The van der Waals surface area contributed by atoms with Crippen LogP contribution in [0.25, 0.3) is 11.1 Å². The van der Waals surface area contributed by atoms with Crippen molar-refractivity contribution in [3.8, 4) is 16.9 Å². The minimum Gasteiger partial charge on any atom is -0.496 e. The molecule has 2 N–H and O–H groups in total. The number of benzene rings is 1. The summed E-state index contributed by atoms with van der Waals surface area (Å²) in [5, 5.41) is 3.28. The van der Waals surface area contributed by atoms with Crippen LogP contribution in [0.3, 0.4) is 0 Å². The first-order valence-corrected chi connectivity index (χ1v) is 13.1. The number of nitrogens with one attached hydrogen (secondary N) is 2. The van der Waals surface area contributed by atoms with Gasteiger partial charge in [0.1, 0.15) is 5.75 Å². The molecule has 0 spiro atoms. The minimum atomic E-state index is -3.58. The van der Waals surface area contributed by atoms with Gasteiger partial charge in [-0.3, -0.25) is 15.1 Å². The number of hydrogen-bond acceptors (Lipinski definition) is 7. The van der Waals surface area contributed by atoms with E-state index in [0.29, 0.717) is 34.2 Å². The summed E-state index contributed by atoms with van der Waals surface area (Å²) < 4.78 is 34.5. The molecule has 1 amide bonds. The van der Waals surface area contributed by atoms with Crippen molar-refractivity contribution in [2.24, 2.45) is 5.92 Å². The Labute approximate surface area is 203 Å². The molecule has 1 aliphatic heterocycles. The quantitative estimate of drug-likeness (QED) is 0.488. The number of pyridine rings is 1. The van der Waals surface area contributed by atoms with E-state index in [1.165, 1.54) is 15.6 Å². The summed E-state index contributed by atoms with van der Waals surface area (Å²) >= 11 is 1.28. The second kappa shape index (κ2) is 9.79. The molecule has 0 radical (unpaired) electrons. The van der Waals surface area contributed by atoms with Crippen LogP contribution in [0.1, 0.15) is 40.5 Å². The highest BCUT2D eigenvalue weighted by molar-refractivity contribution is 7.87. The van der Waals surface area contributed by atoms with Gasteiger partial charge in [0.2, 0.25) is 0 Å². The smallest absolute Gasteiger partial charge is 0.280 e. The Kier molecular flexibility index (Phi) is 6.99. The predicted molar refractivity (Wildman–Crippen MR) is 132 cm³/mol. The van der Waals surface area contributed by atoms with Gasteiger partial charge in [-0.1, -0.05) is 43.4 Å². The Morgan fingerprint density at radius 2 is 2.00 bits per heavy atom. The largest absolute Gasteiger partial charge is 0.496 e. The molecule has 0 bridgehead atoms. The maximum Gasteiger partial charge on any atom is 0.280 e. The van der Waals surface area contributed by atoms with E-state index in [-0.39, 0.29) is 24.9 Å². The lowest BCUT2D eigenvalue weighted by atomic mass is 9.99. The monoisotopic (exact) mass is 501 g/mol. The van der Waals surface area contributed by atoms with Crippen molar-refractivity contribution in [2.75, 3.05) is 19.0 Å². The van der Waals surface area contributed by atoms with E-state index in [0.717, 1.165) is 16.1 Å². The number of ether oxygens (including phenoxy) is 1. The van der Waals surface area contributed by atoms with Crippen molar-refractivity contribution in [1.82, 2.24) is 19.0 Å². The van der Waals surface area contributed by atoms with Gasteiger partial charge in [-0.15, -0.1) is 0 Å². The van der Waals surface area contributed by atoms with Crippen LogP contribution in [0, 0.1) is 12.8 Å². The van der Waals surface area contributed by atoms with Gasteiger partial charge in [-0.25, -0.2) is 9.71 Å². The number of rotatable bonds is 8. The van der Waals surface area contributed by atoms with E-state index in [1.54, 1.807) is 13.3 Å². The van der Waals surface area contributed by atoms with Gasteiger partial charge < -0.3 is 4.74 Å². The number of thiazole rings is 1. The van der Waals surface area contributed by atoms with Crippen LogP contribution < -0.4 is 14.8 Å². The summed E-state index contributed by atoms with van der Waals surface area (Å²) in [4.78, 5) is 22.8. The van der Waals surface area contributed by atoms with Gasteiger partial charge in [0.05, 0.1) is 31.5 Å². The number of anilines is 1. The van der Waals surface area contributed by atoms with E-state index in [2.05, 4.69) is 20.0 Å². The van der Waals surface area contributed by atoms with Crippen LogP contribution in [0.15, 0.2) is 36.5 Å². The fourth-order valence-corrected chi connectivity index (χ4v) is 5.98. The molecule has 0 atom stereocenters. The van der Waals surface area contributed by atoms with Gasteiger partial charge in [0, 0.05) is 34.4 Å². The molecule has 2 aromatic heterocycles. The molecule has 180 valence electrons. The van der Waals surface area contributed by atoms with Crippen molar-refractivity contribution < 1.29 is 17.9 Å². The third kappa shape index (κ3) is 5.12.